The third-order valence-corrected chi connectivity index (χ3v) is 10.0. The van der Waals surface area contributed by atoms with Gasteiger partial charge in [0.2, 0.25) is 12.4 Å². The zero-order valence-corrected chi connectivity index (χ0v) is 28.4. The smallest absolute Gasteiger partial charge is 0.410 e. The van der Waals surface area contributed by atoms with E-state index in [1.54, 1.807) is 4.90 Å². The molecule has 2 aromatic rings. The van der Waals surface area contributed by atoms with Gasteiger partial charge in [0, 0.05) is 38.8 Å². The Morgan fingerprint density at radius 2 is 1.62 bits per heavy atom. The minimum Gasteiger partial charge on any atom is -0.467 e. The van der Waals surface area contributed by atoms with Gasteiger partial charge in [-0.15, -0.1) is 0 Å². The van der Waals surface area contributed by atoms with Crippen molar-refractivity contribution in [1.29, 1.82) is 0 Å². The fourth-order valence-electron chi connectivity index (χ4n) is 8.11. The fourth-order valence-corrected chi connectivity index (χ4v) is 8.11. The molecule has 50 heavy (non-hydrogen) atoms. The largest absolute Gasteiger partial charge is 0.467 e. The Morgan fingerprint density at radius 1 is 0.920 bits per heavy atom. The second-order valence-electron chi connectivity index (χ2n) is 13.1. The molecule has 2 bridgehead atoms. The van der Waals surface area contributed by atoms with Gasteiger partial charge in [-0.2, -0.15) is 0 Å². The van der Waals surface area contributed by atoms with Crippen LogP contribution in [-0.2, 0) is 66.0 Å². The fraction of sp³-hybridized carbons (Fsp3) is 0.541. The van der Waals surface area contributed by atoms with Crippen LogP contribution in [0.1, 0.15) is 73.7 Å². The lowest BCUT2D eigenvalue weighted by Crippen LogP contribution is -2.64. The normalized spacial score (nSPS) is 30.5. The number of esters is 4. The molecule has 3 fully saturated rings. The maximum atomic E-state index is 13.6. The van der Waals surface area contributed by atoms with Gasteiger partial charge < -0.3 is 38.1 Å². The summed E-state index contributed by atoms with van der Waals surface area (Å²) < 4.78 is 66.8. The van der Waals surface area contributed by atoms with Gasteiger partial charge in [-0.1, -0.05) is 49.2 Å². The third-order valence-electron chi connectivity index (χ3n) is 10.0. The minimum absolute atomic E-state index is 0.0593. The van der Waals surface area contributed by atoms with Crippen molar-refractivity contribution in [3.63, 3.8) is 0 Å². The zero-order chi connectivity index (χ0) is 38.2. The average Bonchev–Trinajstić information content (AvgIpc) is 3.12. The van der Waals surface area contributed by atoms with Gasteiger partial charge in [-0.3, -0.25) is 14.4 Å². The van der Waals surface area contributed by atoms with Crippen LogP contribution in [0, 0.1) is 5.92 Å². The molecule has 2 aromatic carbocycles. The summed E-state index contributed by atoms with van der Waals surface area (Å²) in [6, 6.07) is 8.21. The van der Waals surface area contributed by atoms with Crippen molar-refractivity contribution in [3.05, 3.63) is 65.1 Å². The lowest BCUT2D eigenvalue weighted by atomic mass is 9.52. The molecule has 6 rings (SSSR count). The van der Waals surface area contributed by atoms with Gasteiger partial charge in [-0.05, 0) is 60.4 Å². The summed E-state index contributed by atoms with van der Waals surface area (Å²) in [6.45, 7) is 3.68. The highest BCUT2D eigenvalue weighted by Crippen LogP contribution is 2.56. The summed E-state index contributed by atoms with van der Waals surface area (Å²) in [4.78, 5) is 65.0. The molecule has 0 aromatic heterocycles. The molecule has 0 spiro atoms. The van der Waals surface area contributed by atoms with E-state index in [9.17, 15) is 26.7 Å². The molecule has 268 valence electrons. The minimum atomic E-state index is -1.79. The number of piperidine rings is 1. The predicted octanol–water partition coefficient (Wildman–Crippen LogP) is 4.15. The first-order chi connectivity index (χ1) is 25.3. The average molecular weight is 697 g/mol. The van der Waals surface area contributed by atoms with Crippen LogP contribution in [0.5, 0.6) is 5.75 Å². The Balaban J connectivity index is 1.39. The van der Waals surface area contributed by atoms with Crippen LogP contribution in [0.15, 0.2) is 48.5 Å². The van der Waals surface area contributed by atoms with E-state index in [0.29, 0.717) is 30.5 Å². The standard InChI is InChI=1S/C37H43NO12/c1-21(39)46-30-31(47-22(2)40)33(48-23(3)41)35(50-32(30)34(42)44-4)49-26-14-13-25-18-29-27-12-8-9-15-37(27,28(25)19-26)16-17-38(29)36(43)45-20-24-10-6-5-7-11-24/h5-7,10-11,13-14,19,27,29-33,35H,8-9,12,15-18,20H2,1-4H3/t27?,29?,30-,31-,32-,33+,35+,37?/m0/s1/i13D,14D,19D. The monoisotopic (exact) mass is 696 g/mol. The number of fused-ring (bicyclic) bond motifs is 1. The van der Waals surface area contributed by atoms with Gasteiger partial charge in [0.1, 0.15) is 12.4 Å². The summed E-state index contributed by atoms with van der Waals surface area (Å²) in [5, 5.41) is 0. The summed E-state index contributed by atoms with van der Waals surface area (Å²) >= 11 is 0. The SMILES string of the molecule is [2H]c1c([2H])c(O[C@@H]2O[C@H](C(=O)OC)[C@@H](OC(C)=O)[C@H](OC(C)=O)[C@H]2OC(C)=O)c([2H])c2c1CC1C3CCCCC23CCN1C(=O)OCc1ccccc1. The highest BCUT2D eigenvalue weighted by molar-refractivity contribution is 5.77. The number of methoxy groups -OCH3 is 1. The lowest BCUT2D eigenvalue weighted by Gasteiger charge is -2.58. The van der Waals surface area contributed by atoms with E-state index in [1.165, 1.54) is 0 Å². The number of rotatable bonds is 8. The molecule has 3 unspecified atom stereocenters. The van der Waals surface area contributed by atoms with Crippen molar-refractivity contribution >= 4 is 30.0 Å². The summed E-state index contributed by atoms with van der Waals surface area (Å²) in [5.41, 5.74) is 1.28. The highest BCUT2D eigenvalue weighted by Gasteiger charge is 2.57. The summed E-state index contributed by atoms with van der Waals surface area (Å²) in [5.74, 6) is -4.06. The van der Waals surface area contributed by atoms with E-state index in [0.717, 1.165) is 52.7 Å². The molecule has 0 radical (unpaired) electrons. The predicted molar refractivity (Wildman–Crippen MR) is 173 cm³/mol. The van der Waals surface area contributed by atoms with Crippen molar-refractivity contribution in [2.45, 2.75) is 108 Å². The van der Waals surface area contributed by atoms with Crippen molar-refractivity contribution < 1.29 is 61.2 Å². The molecule has 1 saturated carbocycles. The molecular formula is C37H43NO12. The molecule has 2 heterocycles. The van der Waals surface area contributed by atoms with E-state index in [4.69, 9.17) is 34.5 Å². The molecule has 2 aliphatic heterocycles. The molecule has 2 aliphatic carbocycles. The van der Waals surface area contributed by atoms with E-state index in [-0.39, 0.29) is 42.8 Å². The molecule has 4 aliphatic rings. The van der Waals surface area contributed by atoms with E-state index in [2.05, 4.69) is 0 Å². The van der Waals surface area contributed by atoms with Gasteiger partial charge in [0.15, 0.2) is 18.3 Å². The first-order valence-electron chi connectivity index (χ1n) is 18.3. The van der Waals surface area contributed by atoms with E-state index < -0.39 is 72.1 Å². The number of benzene rings is 2. The molecule has 0 N–H and O–H groups in total. The van der Waals surface area contributed by atoms with Crippen LogP contribution in [0.4, 0.5) is 4.79 Å². The number of carbonyl (C=O) groups is 5. The molecule has 8 atom stereocenters. The molecule has 13 nitrogen and oxygen atoms in total. The summed E-state index contributed by atoms with van der Waals surface area (Å²) in [7, 11) is 1.06. The third kappa shape index (κ3) is 7.01. The topological polar surface area (TPSA) is 153 Å². The van der Waals surface area contributed by atoms with Crippen molar-refractivity contribution in [1.82, 2.24) is 4.90 Å². The number of amides is 1. The van der Waals surface area contributed by atoms with E-state index in [1.807, 2.05) is 30.3 Å². The van der Waals surface area contributed by atoms with Gasteiger partial charge in [0.05, 0.1) is 11.2 Å². The number of nitrogens with zero attached hydrogens (tertiary/aromatic N) is 1. The van der Waals surface area contributed by atoms with E-state index >= 15 is 0 Å². The first kappa shape index (κ1) is 31.3. The van der Waals surface area contributed by atoms with Crippen molar-refractivity contribution in [2.24, 2.45) is 5.92 Å². The number of likely N-dealkylation sites (tertiary alicyclic amines) is 1. The molecule has 2 saturated heterocycles. The number of hydrogen-bond donors (Lipinski definition) is 0. The van der Waals surface area contributed by atoms with Gasteiger partial charge >= 0.3 is 30.0 Å². The van der Waals surface area contributed by atoms with Crippen LogP contribution in [0.3, 0.4) is 0 Å². The second-order valence-corrected chi connectivity index (χ2v) is 13.1. The van der Waals surface area contributed by atoms with Crippen LogP contribution in [0.2, 0.25) is 0 Å². The second kappa shape index (κ2) is 14.7. The molecular weight excluding hydrogens is 650 g/mol. The van der Waals surface area contributed by atoms with Crippen LogP contribution in [0.25, 0.3) is 0 Å². The van der Waals surface area contributed by atoms with Crippen LogP contribution >= 0.6 is 0 Å². The number of ether oxygens (including phenoxy) is 7. The summed E-state index contributed by atoms with van der Waals surface area (Å²) in [6.07, 6.45) is -4.93. The molecule has 1 amide bonds. The van der Waals surface area contributed by atoms with Crippen LogP contribution < -0.4 is 4.74 Å². The Bertz CT molecular complexity index is 1770. The quantitative estimate of drug-likeness (QED) is 0.288. The maximum Gasteiger partial charge on any atom is 0.410 e. The maximum absolute atomic E-state index is 13.6. The Hall–Kier alpha value is -4.65. The van der Waals surface area contributed by atoms with Gasteiger partial charge in [-0.25, -0.2) is 9.59 Å². The lowest BCUT2D eigenvalue weighted by molar-refractivity contribution is -0.282. The number of hydrogen-bond acceptors (Lipinski definition) is 12. The molecule has 13 heteroatoms. The van der Waals surface area contributed by atoms with Crippen LogP contribution in [-0.4, -0.2) is 85.3 Å². The Morgan fingerprint density at radius 3 is 2.32 bits per heavy atom. The van der Waals surface area contributed by atoms with Gasteiger partial charge in [0.25, 0.3) is 0 Å². The van der Waals surface area contributed by atoms with Crippen molar-refractivity contribution in [3.8, 4) is 5.75 Å². The van der Waals surface area contributed by atoms with Crippen molar-refractivity contribution in [2.75, 3.05) is 13.7 Å². The first-order valence-corrected chi connectivity index (χ1v) is 16.8. The zero-order valence-electron chi connectivity index (χ0n) is 31.4. The Kier molecular flexibility index (Phi) is 9.20. The Labute approximate surface area is 294 Å². The number of carbonyl (C=O) groups excluding carboxylic acids is 5. The highest BCUT2D eigenvalue weighted by atomic mass is 16.7.